The van der Waals surface area contributed by atoms with E-state index in [0.717, 1.165) is 16.1 Å². The molecule has 0 aliphatic carbocycles. The van der Waals surface area contributed by atoms with Gasteiger partial charge in [-0.1, -0.05) is 42.5 Å². The third-order valence-electron chi connectivity index (χ3n) is 4.55. The Balaban J connectivity index is 1.44. The minimum absolute atomic E-state index is 0.172. The van der Waals surface area contributed by atoms with Gasteiger partial charge in [0.05, 0.1) is 16.3 Å². The van der Waals surface area contributed by atoms with Crippen molar-refractivity contribution in [1.82, 2.24) is 15.3 Å². The van der Waals surface area contributed by atoms with Crippen molar-refractivity contribution >= 4 is 28.8 Å². The number of carbonyl (C=O) groups excluding carboxylic acids is 2. The van der Waals surface area contributed by atoms with Crippen LogP contribution in [0.3, 0.4) is 0 Å². The Morgan fingerprint density at radius 1 is 0.968 bits per heavy atom. The zero-order valence-electron chi connectivity index (χ0n) is 16.8. The molecule has 0 saturated carbocycles. The molecule has 0 saturated heterocycles. The Morgan fingerprint density at radius 3 is 2.58 bits per heavy atom. The van der Waals surface area contributed by atoms with Crippen molar-refractivity contribution in [3.8, 4) is 11.3 Å². The number of amides is 2. The largest absolute Gasteiger partial charge is 0.347 e. The van der Waals surface area contributed by atoms with Crippen molar-refractivity contribution in [2.24, 2.45) is 0 Å². The monoisotopic (exact) mass is 428 g/mol. The smallest absolute Gasteiger partial charge is 0.263 e. The van der Waals surface area contributed by atoms with Gasteiger partial charge in [-0.3, -0.25) is 14.6 Å². The molecule has 2 heterocycles. The normalized spacial score (nSPS) is 10.5. The van der Waals surface area contributed by atoms with E-state index in [4.69, 9.17) is 0 Å². The summed E-state index contributed by atoms with van der Waals surface area (Å²) in [5.41, 5.74) is 3.62. The Kier molecular flexibility index (Phi) is 6.14. The summed E-state index contributed by atoms with van der Waals surface area (Å²) >= 11 is 1.38. The molecule has 31 heavy (non-hydrogen) atoms. The molecule has 0 unspecified atom stereocenters. The number of benzene rings is 2. The van der Waals surface area contributed by atoms with Crippen LogP contribution in [0.4, 0.5) is 5.69 Å². The lowest BCUT2D eigenvalue weighted by molar-refractivity contribution is 0.0954. The zero-order valence-corrected chi connectivity index (χ0v) is 17.6. The molecule has 0 spiro atoms. The van der Waals surface area contributed by atoms with Gasteiger partial charge in [0.1, 0.15) is 4.88 Å². The number of aryl methyl sites for hydroxylation is 1. The number of nitrogens with zero attached hydrogens (tertiary/aromatic N) is 2. The molecular weight excluding hydrogens is 408 g/mol. The van der Waals surface area contributed by atoms with Crippen LogP contribution in [0.25, 0.3) is 11.3 Å². The third-order valence-corrected chi connectivity index (χ3v) is 5.52. The van der Waals surface area contributed by atoms with E-state index in [2.05, 4.69) is 20.6 Å². The van der Waals surface area contributed by atoms with Gasteiger partial charge in [-0.25, -0.2) is 4.98 Å². The summed E-state index contributed by atoms with van der Waals surface area (Å²) in [4.78, 5) is 34.3. The number of carbonyl (C=O) groups is 2. The fraction of sp³-hybridized carbons (Fsp3) is 0.0833. The first-order valence-corrected chi connectivity index (χ1v) is 10.5. The van der Waals surface area contributed by atoms with Gasteiger partial charge >= 0.3 is 0 Å². The van der Waals surface area contributed by atoms with Gasteiger partial charge < -0.3 is 10.6 Å². The molecule has 0 aliphatic heterocycles. The van der Waals surface area contributed by atoms with Crippen LogP contribution in [-0.4, -0.2) is 21.8 Å². The summed E-state index contributed by atoms with van der Waals surface area (Å²) in [6.45, 7) is 2.23. The summed E-state index contributed by atoms with van der Waals surface area (Å²) < 4.78 is 0. The molecule has 2 amide bonds. The fourth-order valence-electron chi connectivity index (χ4n) is 3.09. The average molecular weight is 429 g/mol. The number of aromatic nitrogens is 2. The van der Waals surface area contributed by atoms with Crippen molar-refractivity contribution < 1.29 is 9.59 Å². The van der Waals surface area contributed by atoms with Gasteiger partial charge in [-0.05, 0) is 36.8 Å². The van der Waals surface area contributed by atoms with E-state index in [1.807, 2.05) is 55.5 Å². The summed E-state index contributed by atoms with van der Waals surface area (Å²) in [6.07, 6.45) is 3.13. The summed E-state index contributed by atoms with van der Waals surface area (Å²) in [6, 6.07) is 20.5. The molecular formula is C24H20N4O2S. The van der Waals surface area contributed by atoms with Gasteiger partial charge in [0.2, 0.25) is 0 Å². The topological polar surface area (TPSA) is 84.0 Å². The number of anilines is 1. The van der Waals surface area contributed by atoms with Gasteiger partial charge in [0.15, 0.2) is 0 Å². The van der Waals surface area contributed by atoms with Gasteiger partial charge in [-0.15, -0.1) is 11.3 Å². The van der Waals surface area contributed by atoms with Crippen LogP contribution in [0.15, 0.2) is 79.1 Å². The Morgan fingerprint density at radius 2 is 1.81 bits per heavy atom. The van der Waals surface area contributed by atoms with Crippen LogP contribution < -0.4 is 10.6 Å². The molecule has 2 aromatic carbocycles. The minimum Gasteiger partial charge on any atom is -0.347 e. The standard InChI is InChI=1S/C24H20N4O2S/c1-16-27-21(18-8-3-2-4-9-18)22(31-16)24(30)26-14-17-7-5-11-20(13-17)28-23(29)19-10-6-12-25-15-19/h2-13,15H,14H2,1H3,(H,26,30)(H,28,29). The van der Waals surface area contributed by atoms with E-state index in [9.17, 15) is 9.59 Å². The van der Waals surface area contributed by atoms with Crippen molar-refractivity contribution in [2.75, 3.05) is 5.32 Å². The van der Waals surface area contributed by atoms with Crippen LogP contribution in [-0.2, 0) is 6.54 Å². The summed E-state index contributed by atoms with van der Waals surface area (Å²) in [5.74, 6) is -0.406. The predicted octanol–water partition coefficient (Wildman–Crippen LogP) is 4.70. The van der Waals surface area contributed by atoms with E-state index in [-0.39, 0.29) is 11.8 Å². The lowest BCUT2D eigenvalue weighted by Gasteiger charge is -2.09. The van der Waals surface area contributed by atoms with Gasteiger partial charge in [-0.2, -0.15) is 0 Å². The molecule has 6 nitrogen and oxygen atoms in total. The highest BCUT2D eigenvalue weighted by atomic mass is 32.1. The van der Waals surface area contributed by atoms with E-state index < -0.39 is 0 Å². The van der Waals surface area contributed by atoms with Crippen molar-refractivity contribution in [2.45, 2.75) is 13.5 Å². The zero-order chi connectivity index (χ0) is 21.6. The predicted molar refractivity (Wildman–Crippen MR) is 122 cm³/mol. The molecule has 7 heteroatoms. The molecule has 4 rings (SSSR count). The highest BCUT2D eigenvalue weighted by molar-refractivity contribution is 7.14. The highest BCUT2D eigenvalue weighted by Crippen LogP contribution is 2.28. The van der Waals surface area contributed by atoms with Crippen molar-refractivity contribution in [3.63, 3.8) is 0 Å². The number of thiazole rings is 1. The molecule has 154 valence electrons. The third kappa shape index (κ3) is 5.02. The second kappa shape index (κ2) is 9.32. The number of hydrogen-bond acceptors (Lipinski definition) is 5. The lowest BCUT2D eigenvalue weighted by Crippen LogP contribution is -2.22. The van der Waals surface area contributed by atoms with Crippen molar-refractivity contribution in [3.05, 3.63) is 100 Å². The Hall–Kier alpha value is -3.84. The van der Waals surface area contributed by atoms with E-state index >= 15 is 0 Å². The average Bonchev–Trinajstić information content (AvgIpc) is 3.21. The lowest BCUT2D eigenvalue weighted by atomic mass is 10.1. The minimum atomic E-state index is -0.234. The first-order chi connectivity index (χ1) is 15.1. The van der Waals surface area contributed by atoms with Crippen LogP contribution >= 0.6 is 11.3 Å². The van der Waals surface area contributed by atoms with Crippen molar-refractivity contribution in [1.29, 1.82) is 0 Å². The Labute approximate surface area is 184 Å². The molecule has 0 bridgehead atoms. The van der Waals surface area contributed by atoms with Crippen LogP contribution in [0.5, 0.6) is 0 Å². The summed E-state index contributed by atoms with van der Waals surface area (Å²) in [5, 5.41) is 6.65. The number of pyridine rings is 1. The molecule has 2 aromatic heterocycles. The first-order valence-electron chi connectivity index (χ1n) is 9.71. The van der Waals surface area contributed by atoms with E-state index in [0.29, 0.717) is 28.4 Å². The molecule has 4 aromatic rings. The van der Waals surface area contributed by atoms with E-state index in [1.54, 1.807) is 24.4 Å². The highest BCUT2D eigenvalue weighted by Gasteiger charge is 2.18. The molecule has 0 aliphatic rings. The Bertz CT molecular complexity index is 1210. The number of nitrogens with one attached hydrogen (secondary N) is 2. The van der Waals surface area contributed by atoms with Crippen LogP contribution in [0.1, 0.15) is 30.6 Å². The molecule has 0 radical (unpaired) electrons. The maximum Gasteiger partial charge on any atom is 0.263 e. The second-order valence-corrected chi connectivity index (χ2v) is 8.06. The SMILES string of the molecule is Cc1nc(-c2ccccc2)c(C(=O)NCc2cccc(NC(=O)c3cccnc3)c2)s1. The summed E-state index contributed by atoms with van der Waals surface area (Å²) in [7, 11) is 0. The maximum atomic E-state index is 12.9. The van der Waals surface area contributed by atoms with Gasteiger partial charge in [0.25, 0.3) is 11.8 Å². The molecule has 0 fully saturated rings. The van der Waals surface area contributed by atoms with Gasteiger partial charge in [0, 0.05) is 30.2 Å². The molecule has 2 N–H and O–H groups in total. The number of rotatable bonds is 6. The van der Waals surface area contributed by atoms with Crippen LogP contribution in [0.2, 0.25) is 0 Å². The number of hydrogen-bond donors (Lipinski definition) is 2. The van der Waals surface area contributed by atoms with Crippen LogP contribution in [0, 0.1) is 6.92 Å². The first kappa shape index (κ1) is 20.4. The quantitative estimate of drug-likeness (QED) is 0.466. The maximum absolute atomic E-state index is 12.9. The van der Waals surface area contributed by atoms with E-state index in [1.165, 1.54) is 17.5 Å². The molecule has 0 atom stereocenters. The second-order valence-electron chi connectivity index (χ2n) is 6.86. The fourth-order valence-corrected chi connectivity index (χ4v) is 3.95.